The summed E-state index contributed by atoms with van der Waals surface area (Å²) in [5.41, 5.74) is 7.92. The van der Waals surface area contributed by atoms with Crippen LogP contribution < -0.4 is 5.73 Å². The SMILES string of the molecule is NC(CC1(Cn2cnc3ccccc32)CC1)=NO. The number of hydrogen-bond acceptors (Lipinski definition) is 3. The van der Waals surface area contributed by atoms with Crippen LogP contribution in [-0.2, 0) is 6.54 Å². The van der Waals surface area contributed by atoms with Crippen molar-refractivity contribution < 1.29 is 5.21 Å². The third-order valence-corrected chi connectivity index (χ3v) is 3.67. The molecule has 1 aromatic heterocycles. The van der Waals surface area contributed by atoms with Crippen molar-refractivity contribution in [1.82, 2.24) is 9.55 Å². The van der Waals surface area contributed by atoms with Gasteiger partial charge in [-0.15, -0.1) is 0 Å². The van der Waals surface area contributed by atoms with E-state index in [9.17, 15) is 0 Å². The number of para-hydroxylation sites is 2. The molecule has 5 heteroatoms. The fourth-order valence-corrected chi connectivity index (χ4v) is 2.48. The van der Waals surface area contributed by atoms with Crippen LogP contribution in [0.25, 0.3) is 11.0 Å². The first-order chi connectivity index (χ1) is 8.72. The lowest BCUT2D eigenvalue weighted by Gasteiger charge is -2.15. The smallest absolute Gasteiger partial charge is 0.139 e. The fraction of sp³-hybridized carbons (Fsp3) is 0.385. The summed E-state index contributed by atoms with van der Waals surface area (Å²) in [6.45, 7) is 0.879. The zero-order valence-electron chi connectivity index (χ0n) is 10.1. The minimum atomic E-state index is 0.153. The number of rotatable bonds is 4. The maximum absolute atomic E-state index is 8.67. The first-order valence-corrected chi connectivity index (χ1v) is 6.09. The summed E-state index contributed by atoms with van der Waals surface area (Å²) in [5.74, 6) is 0.317. The molecular weight excluding hydrogens is 228 g/mol. The van der Waals surface area contributed by atoms with Gasteiger partial charge in [-0.2, -0.15) is 0 Å². The predicted molar refractivity (Wildman–Crippen MR) is 69.4 cm³/mol. The van der Waals surface area contributed by atoms with E-state index in [-0.39, 0.29) is 5.41 Å². The van der Waals surface area contributed by atoms with Gasteiger partial charge in [0.2, 0.25) is 0 Å². The molecule has 18 heavy (non-hydrogen) atoms. The van der Waals surface area contributed by atoms with E-state index in [1.54, 1.807) is 0 Å². The van der Waals surface area contributed by atoms with Crippen molar-refractivity contribution in [3.8, 4) is 0 Å². The molecule has 5 nitrogen and oxygen atoms in total. The summed E-state index contributed by atoms with van der Waals surface area (Å²) in [5, 5.41) is 11.7. The molecule has 1 saturated carbocycles. The van der Waals surface area contributed by atoms with Crippen LogP contribution in [0.15, 0.2) is 35.7 Å². The Morgan fingerprint density at radius 3 is 2.94 bits per heavy atom. The molecule has 0 spiro atoms. The number of fused-ring (bicyclic) bond motifs is 1. The Morgan fingerprint density at radius 1 is 1.44 bits per heavy atom. The predicted octanol–water partition coefficient (Wildman–Crippen LogP) is 1.95. The number of hydrogen-bond donors (Lipinski definition) is 2. The molecule has 1 aliphatic rings. The van der Waals surface area contributed by atoms with Crippen molar-refractivity contribution in [2.75, 3.05) is 0 Å². The topological polar surface area (TPSA) is 76.4 Å². The van der Waals surface area contributed by atoms with Crippen LogP contribution in [-0.4, -0.2) is 20.6 Å². The van der Waals surface area contributed by atoms with Gasteiger partial charge in [-0.25, -0.2) is 4.98 Å². The first kappa shape index (κ1) is 11.1. The second-order valence-electron chi connectivity index (χ2n) is 5.13. The van der Waals surface area contributed by atoms with Gasteiger partial charge >= 0.3 is 0 Å². The lowest BCUT2D eigenvalue weighted by Crippen LogP contribution is -2.21. The van der Waals surface area contributed by atoms with Crippen LogP contribution in [0.5, 0.6) is 0 Å². The normalized spacial score (nSPS) is 18.1. The van der Waals surface area contributed by atoms with Crippen LogP contribution in [0.2, 0.25) is 0 Å². The number of benzene rings is 1. The summed E-state index contributed by atoms with van der Waals surface area (Å²) in [6, 6.07) is 8.09. The molecule has 0 radical (unpaired) electrons. The van der Waals surface area contributed by atoms with Crippen molar-refractivity contribution >= 4 is 16.9 Å². The van der Waals surface area contributed by atoms with Crippen LogP contribution >= 0.6 is 0 Å². The Bertz CT molecular complexity index is 598. The first-order valence-electron chi connectivity index (χ1n) is 6.09. The van der Waals surface area contributed by atoms with Crippen molar-refractivity contribution in [3.05, 3.63) is 30.6 Å². The highest BCUT2D eigenvalue weighted by Crippen LogP contribution is 2.50. The molecule has 0 saturated heterocycles. The van der Waals surface area contributed by atoms with E-state index in [1.165, 1.54) is 0 Å². The van der Waals surface area contributed by atoms with Crippen molar-refractivity contribution in [2.24, 2.45) is 16.3 Å². The van der Waals surface area contributed by atoms with Gasteiger partial charge in [0.15, 0.2) is 0 Å². The summed E-state index contributed by atoms with van der Waals surface area (Å²) < 4.78 is 2.16. The molecule has 3 N–H and O–H groups in total. The average molecular weight is 244 g/mol. The Labute approximate surface area is 105 Å². The molecule has 1 heterocycles. The molecule has 0 amide bonds. The van der Waals surface area contributed by atoms with Gasteiger partial charge < -0.3 is 15.5 Å². The van der Waals surface area contributed by atoms with Gasteiger partial charge in [-0.05, 0) is 30.4 Å². The van der Waals surface area contributed by atoms with Crippen LogP contribution in [0.4, 0.5) is 0 Å². The molecule has 1 aromatic carbocycles. The largest absolute Gasteiger partial charge is 0.409 e. The van der Waals surface area contributed by atoms with E-state index in [0.717, 1.165) is 30.4 Å². The Hall–Kier alpha value is -2.04. The summed E-state index contributed by atoms with van der Waals surface area (Å²) in [7, 11) is 0. The van der Waals surface area contributed by atoms with Crippen molar-refractivity contribution in [1.29, 1.82) is 0 Å². The van der Waals surface area contributed by atoms with Crippen LogP contribution in [0, 0.1) is 5.41 Å². The zero-order chi connectivity index (χ0) is 12.6. The molecule has 2 aromatic rings. The van der Waals surface area contributed by atoms with Crippen LogP contribution in [0.1, 0.15) is 19.3 Å². The van der Waals surface area contributed by atoms with E-state index >= 15 is 0 Å². The molecule has 1 fully saturated rings. The van der Waals surface area contributed by atoms with Gasteiger partial charge in [0.25, 0.3) is 0 Å². The molecule has 94 valence electrons. The average Bonchev–Trinajstić information content (AvgIpc) is 3.02. The highest BCUT2D eigenvalue weighted by Gasteiger charge is 2.43. The standard InChI is InChI=1S/C13H16N4O/c14-12(16-18)7-13(5-6-13)8-17-9-15-10-3-1-2-4-11(10)17/h1-4,9,18H,5-8H2,(H2,14,16). The third kappa shape index (κ3) is 1.92. The Kier molecular flexibility index (Phi) is 2.47. The van der Waals surface area contributed by atoms with Crippen LogP contribution in [0.3, 0.4) is 0 Å². The lowest BCUT2D eigenvalue weighted by molar-refractivity contribution is 0.313. The number of oxime groups is 1. The molecule has 0 unspecified atom stereocenters. The van der Waals surface area contributed by atoms with Gasteiger partial charge in [-0.1, -0.05) is 17.3 Å². The van der Waals surface area contributed by atoms with Gasteiger partial charge in [-0.3, -0.25) is 0 Å². The second kappa shape index (κ2) is 4.01. The molecule has 0 aliphatic heterocycles. The van der Waals surface area contributed by atoms with Gasteiger partial charge in [0.1, 0.15) is 5.84 Å². The summed E-state index contributed by atoms with van der Waals surface area (Å²) in [4.78, 5) is 4.38. The van der Waals surface area contributed by atoms with Crippen molar-refractivity contribution in [2.45, 2.75) is 25.8 Å². The number of nitrogens with zero attached hydrogens (tertiary/aromatic N) is 3. The molecule has 0 atom stereocenters. The minimum Gasteiger partial charge on any atom is -0.409 e. The number of amidine groups is 1. The van der Waals surface area contributed by atoms with E-state index in [1.807, 2.05) is 24.5 Å². The van der Waals surface area contributed by atoms with E-state index < -0.39 is 0 Å². The highest BCUT2D eigenvalue weighted by atomic mass is 16.4. The van der Waals surface area contributed by atoms with E-state index in [0.29, 0.717) is 12.3 Å². The van der Waals surface area contributed by atoms with E-state index in [2.05, 4.69) is 20.8 Å². The quantitative estimate of drug-likeness (QED) is 0.373. The lowest BCUT2D eigenvalue weighted by atomic mass is 10.0. The molecular formula is C13H16N4O. The number of aromatic nitrogens is 2. The maximum Gasteiger partial charge on any atom is 0.139 e. The summed E-state index contributed by atoms with van der Waals surface area (Å²) >= 11 is 0. The third-order valence-electron chi connectivity index (χ3n) is 3.67. The Morgan fingerprint density at radius 2 is 2.22 bits per heavy atom. The second-order valence-corrected chi connectivity index (χ2v) is 5.13. The highest BCUT2D eigenvalue weighted by molar-refractivity contribution is 5.80. The fourth-order valence-electron chi connectivity index (χ4n) is 2.48. The summed E-state index contributed by atoms with van der Waals surface area (Å²) in [6.07, 6.45) is 4.76. The molecule has 1 aliphatic carbocycles. The number of imidazole rings is 1. The minimum absolute atomic E-state index is 0.153. The zero-order valence-corrected chi connectivity index (χ0v) is 10.1. The van der Waals surface area contributed by atoms with Gasteiger partial charge in [0.05, 0.1) is 17.4 Å². The molecule has 0 bridgehead atoms. The van der Waals surface area contributed by atoms with E-state index in [4.69, 9.17) is 10.9 Å². The molecule has 3 rings (SSSR count). The maximum atomic E-state index is 8.67. The number of nitrogens with two attached hydrogens (primary N) is 1. The van der Waals surface area contributed by atoms with Crippen molar-refractivity contribution in [3.63, 3.8) is 0 Å². The van der Waals surface area contributed by atoms with Gasteiger partial charge in [0, 0.05) is 13.0 Å². The Balaban J connectivity index is 1.84. The monoisotopic (exact) mass is 244 g/mol.